The largest absolute Gasteiger partial charge is 0.460 e. The molecule has 0 radical (unpaired) electrons. The Balaban J connectivity index is 1.79. The van der Waals surface area contributed by atoms with Crippen molar-refractivity contribution < 1.29 is 9.53 Å². The van der Waals surface area contributed by atoms with E-state index in [1.807, 2.05) is 4.90 Å². The zero-order chi connectivity index (χ0) is 14.5. The molecular formula is C14H20BrN3O2. The lowest BCUT2D eigenvalue weighted by Crippen LogP contribution is -2.42. The highest BCUT2D eigenvalue weighted by Crippen LogP contribution is 2.18. The van der Waals surface area contributed by atoms with E-state index in [0.29, 0.717) is 18.3 Å². The van der Waals surface area contributed by atoms with Crippen LogP contribution in [0.2, 0.25) is 0 Å². The first kappa shape index (κ1) is 15.2. The Morgan fingerprint density at radius 2 is 2.00 bits per heavy atom. The Labute approximate surface area is 127 Å². The molecule has 2 rings (SSSR count). The number of hydrogen-bond acceptors (Lipinski definition) is 4. The van der Waals surface area contributed by atoms with Gasteiger partial charge < -0.3 is 9.64 Å². The maximum absolute atomic E-state index is 12.0. The van der Waals surface area contributed by atoms with Crippen molar-refractivity contribution in [3.05, 3.63) is 16.9 Å². The molecule has 0 atom stereocenters. The number of aromatic nitrogens is 2. The van der Waals surface area contributed by atoms with E-state index in [1.165, 1.54) is 0 Å². The Morgan fingerprint density at radius 1 is 1.40 bits per heavy atom. The van der Waals surface area contributed by atoms with Gasteiger partial charge in [-0.2, -0.15) is 0 Å². The third-order valence-electron chi connectivity index (χ3n) is 3.25. The van der Waals surface area contributed by atoms with Crippen molar-refractivity contribution in [3.8, 4) is 6.01 Å². The molecule has 0 bridgehead atoms. The van der Waals surface area contributed by atoms with Gasteiger partial charge in [0.05, 0.1) is 4.47 Å². The second-order valence-corrected chi connectivity index (χ2v) is 6.40. The molecule has 1 aliphatic rings. The second kappa shape index (κ2) is 7.02. The summed E-state index contributed by atoms with van der Waals surface area (Å²) in [4.78, 5) is 22.1. The number of likely N-dealkylation sites (tertiary alicyclic amines) is 1. The van der Waals surface area contributed by atoms with Crippen molar-refractivity contribution in [3.63, 3.8) is 0 Å². The first-order chi connectivity index (χ1) is 9.54. The lowest BCUT2D eigenvalue weighted by molar-refractivity contribution is -0.133. The number of hydrogen-bond donors (Lipinski definition) is 0. The number of amides is 1. The van der Waals surface area contributed by atoms with Crippen molar-refractivity contribution in [2.45, 2.75) is 39.2 Å². The summed E-state index contributed by atoms with van der Waals surface area (Å²) in [6, 6.07) is 0.403. The summed E-state index contributed by atoms with van der Waals surface area (Å²) < 4.78 is 6.57. The summed E-state index contributed by atoms with van der Waals surface area (Å²) in [6.07, 6.45) is 5.74. The fourth-order valence-corrected chi connectivity index (χ4v) is 2.42. The van der Waals surface area contributed by atoms with E-state index < -0.39 is 0 Å². The number of nitrogens with zero attached hydrogens (tertiary/aromatic N) is 3. The van der Waals surface area contributed by atoms with Crippen molar-refractivity contribution in [1.29, 1.82) is 0 Å². The number of piperidine rings is 1. The van der Waals surface area contributed by atoms with Gasteiger partial charge in [-0.25, -0.2) is 9.97 Å². The molecule has 0 aromatic carbocycles. The van der Waals surface area contributed by atoms with Gasteiger partial charge in [0.25, 0.3) is 0 Å². The fraction of sp³-hybridized carbons (Fsp3) is 0.643. The maximum atomic E-state index is 12.0. The summed E-state index contributed by atoms with van der Waals surface area (Å²) in [5.74, 6) is 0.658. The van der Waals surface area contributed by atoms with E-state index in [1.54, 1.807) is 12.4 Å². The van der Waals surface area contributed by atoms with E-state index in [4.69, 9.17) is 4.74 Å². The van der Waals surface area contributed by atoms with Crippen molar-refractivity contribution in [1.82, 2.24) is 14.9 Å². The van der Waals surface area contributed by atoms with Gasteiger partial charge in [-0.1, -0.05) is 13.8 Å². The van der Waals surface area contributed by atoms with Crippen molar-refractivity contribution in [2.24, 2.45) is 5.92 Å². The molecule has 1 amide bonds. The average Bonchev–Trinajstić information content (AvgIpc) is 2.41. The van der Waals surface area contributed by atoms with E-state index in [2.05, 4.69) is 39.7 Å². The SMILES string of the molecule is CC(C)CC(=O)N1CCC(Oc2ncc(Br)cn2)CC1. The van der Waals surface area contributed by atoms with Crippen molar-refractivity contribution in [2.75, 3.05) is 13.1 Å². The summed E-state index contributed by atoms with van der Waals surface area (Å²) in [5, 5.41) is 0. The first-order valence-corrected chi connectivity index (χ1v) is 7.76. The lowest BCUT2D eigenvalue weighted by atomic mass is 10.1. The smallest absolute Gasteiger partial charge is 0.316 e. The van der Waals surface area contributed by atoms with Gasteiger partial charge in [-0.05, 0) is 21.8 Å². The number of carbonyl (C=O) groups excluding carboxylic acids is 1. The summed E-state index contributed by atoms with van der Waals surface area (Å²) in [5.41, 5.74) is 0. The summed E-state index contributed by atoms with van der Waals surface area (Å²) >= 11 is 3.29. The zero-order valence-corrected chi connectivity index (χ0v) is 13.5. The zero-order valence-electron chi connectivity index (χ0n) is 11.9. The predicted octanol–water partition coefficient (Wildman–Crippen LogP) is 2.66. The van der Waals surface area contributed by atoms with Crippen molar-refractivity contribution >= 4 is 21.8 Å². The minimum absolute atomic E-state index is 0.0966. The minimum atomic E-state index is 0.0966. The highest BCUT2D eigenvalue weighted by molar-refractivity contribution is 9.10. The standard InChI is InChI=1S/C14H20BrN3O2/c1-10(2)7-13(19)18-5-3-12(4-6-18)20-14-16-8-11(15)9-17-14/h8-10,12H,3-7H2,1-2H3. The molecule has 1 aliphatic heterocycles. The van der Waals surface area contributed by atoms with E-state index in [9.17, 15) is 4.79 Å². The molecule has 1 fully saturated rings. The molecule has 5 nitrogen and oxygen atoms in total. The van der Waals surface area contributed by atoms with Crippen LogP contribution < -0.4 is 4.74 Å². The quantitative estimate of drug-likeness (QED) is 0.844. The second-order valence-electron chi connectivity index (χ2n) is 5.48. The topological polar surface area (TPSA) is 55.3 Å². The van der Waals surface area contributed by atoms with E-state index in [-0.39, 0.29) is 12.0 Å². The molecule has 0 unspecified atom stereocenters. The van der Waals surface area contributed by atoms with Crippen LogP contribution in [0.3, 0.4) is 0 Å². The van der Waals surface area contributed by atoms with Crippen LogP contribution in [-0.2, 0) is 4.79 Å². The fourth-order valence-electron chi connectivity index (χ4n) is 2.21. The maximum Gasteiger partial charge on any atom is 0.316 e. The molecule has 6 heteroatoms. The van der Waals surface area contributed by atoms with Crippen LogP contribution >= 0.6 is 15.9 Å². The molecular weight excluding hydrogens is 322 g/mol. The number of halogens is 1. The molecule has 2 heterocycles. The van der Waals surface area contributed by atoms with Crippen LogP contribution in [0.5, 0.6) is 6.01 Å². The van der Waals surface area contributed by atoms with Gasteiger partial charge in [0.2, 0.25) is 5.91 Å². The molecule has 20 heavy (non-hydrogen) atoms. The summed E-state index contributed by atoms with van der Waals surface area (Å²) in [7, 11) is 0. The highest BCUT2D eigenvalue weighted by atomic mass is 79.9. The first-order valence-electron chi connectivity index (χ1n) is 6.96. The van der Waals surface area contributed by atoms with Crippen LogP contribution in [0.1, 0.15) is 33.1 Å². The normalized spacial score (nSPS) is 16.5. The molecule has 0 aliphatic carbocycles. The van der Waals surface area contributed by atoms with Gasteiger partial charge in [-0.15, -0.1) is 0 Å². The molecule has 0 spiro atoms. The van der Waals surface area contributed by atoms with Crippen LogP contribution in [0.15, 0.2) is 16.9 Å². The third-order valence-corrected chi connectivity index (χ3v) is 3.66. The van der Waals surface area contributed by atoms with Gasteiger partial charge in [-0.3, -0.25) is 4.79 Å². The molecule has 0 saturated carbocycles. The molecule has 0 N–H and O–H groups in total. The molecule has 110 valence electrons. The van der Waals surface area contributed by atoms with Gasteiger partial charge >= 0.3 is 6.01 Å². The molecule has 1 saturated heterocycles. The Morgan fingerprint density at radius 3 is 2.55 bits per heavy atom. The van der Waals surface area contributed by atoms with E-state index in [0.717, 1.165) is 30.4 Å². The van der Waals surface area contributed by atoms with Crippen LogP contribution in [0.4, 0.5) is 0 Å². The van der Waals surface area contributed by atoms with Gasteiger partial charge in [0.15, 0.2) is 0 Å². The molecule has 1 aromatic heterocycles. The van der Waals surface area contributed by atoms with Gasteiger partial charge in [0.1, 0.15) is 6.10 Å². The predicted molar refractivity (Wildman–Crippen MR) is 79.4 cm³/mol. The number of carbonyl (C=O) groups is 1. The number of ether oxygens (including phenoxy) is 1. The van der Waals surface area contributed by atoms with Crippen LogP contribution in [0.25, 0.3) is 0 Å². The van der Waals surface area contributed by atoms with Crippen LogP contribution in [0, 0.1) is 5.92 Å². The monoisotopic (exact) mass is 341 g/mol. The Bertz CT molecular complexity index is 442. The third kappa shape index (κ3) is 4.44. The number of rotatable bonds is 4. The van der Waals surface area contributed by atoms with Crippen LogP contribution in [-0.4, -0.2) is 40.0 Å². The average molecular weight is 342 g/mol. The molecule has 1 aromatic rings. The highest BCUT2D eigenvalue weighted by Gasteiger charge is 2.24. The van der Waals surface area contributed by atoms with E-state index >= 15 is 0 Å². The van der Waals surface area contributed by atoms with Gasteiger partial charge in [0, 0.05) is 44.7 Å². The Hall–Kier alpha value is -1.17. The minimum Gasteiger partial charge on any atom is -0.460 e. The Kier molecular flexibility index (Phi) is 5.34. The lowest BCUT2D eigenvalue weighted by Gasteiger charge is -2.32. The summed E-state index contributed by atoms with van der Waals surface area (Å²) in [6.45, 7) is 5.65.